The normalized spacial score (nSPS) is 19.3. The Morgan fingerprint density at radius 2 is 2.04 bits per heavy atom. The van der Waals surface area contributed by atoms with E-state index < -0.39 is 5.60 Å². The fourth-order valence-electron chi connectivity index (χ4n) is 2.33. The monoisotopic (exact) mass is 440 g/mol. The number of hydrogen-bond donors (Lipinski definition) is 2. The second-order valence-electron chi connectivity index (χ2n) is 7.32. The van der Waals surface area contributed by atoms with E-state index in [2.05, 4.69) is 24.2 Å². The van der Waals surface area contributed by atoms with E-state index in [0.29, 0.717) is 25.0 Å². The molecule has 3 N–H and O–H groups in total. The van der Waals surface area contributed by atoms with Crippen molar-refractivity contribution in [3.63, 3.8) is 0 Å². The van der Waals surface area contributed by atoms with Crippen LogP contribution in [0.25, 0.3) is 0 Å². The number of nitrogens with one attached hydrogen (secondary N) is 1. The summed E-state index contributed by atoms with van der Waals surface area (Å²) in [6, 6.07) is 0.108. The van der Waals surface area contributed by atoms with Crippen LogP contribution >= 0.6 is 24.0 Å². The number of nitrogens with zero attached hydrogens (tertiary/aromatic N) is 2. The van der Waals surface area contributed by atoms with Crippen molar-refractivity contribution in [3.05, 3.63) is 0 Å². The molecule has 6 nitrogen and oxygen atoms in total. The molecule has 1 amide bonds. The Hall–Kier alpha value is -0.730. The minimum Gasteiger partial charge on any atom is -0.444 e. The average Bonchev–Trinajstić information content (AvgIpc) is 2.41. The van der Waals surface area contributed by atoms with Crippen LogP contribution in [0, 0.1) is 5.92 Å². The number of guanidine groups is 1. The van der Waals surface area contributed by atoms with Gasteiger partial charge in [0.25, 0.3) is 0 Å². The van der Waals surface area contributed by atoms with Crippen molar-refractivity contribution < 1.29 is 9.53 Å². The number of amides is 1. The van der Waals surface area contributed by atoms with Gasteiger partial charge < -0.3 is 20.7 Å². The van der Waals surface area contributed by atoms with E-state index in [0.717, 1.165) is 25.8 Å². The van der Waals surface area contributed by atoms with Gasteiger partial charge in [-0.3, -0.25) is 4.99 Å². The zero-order valence-electron chi connectivity index (χ0n) is 15.1. The lowest BCUT2D eigenvalue weighted by Crippen LogP contribution is -2.51. The molecule has 0 aromatic carbocycles. The zero-order valence-corrected chi connectivity index (χ0v) is 17.4. The van der Waals surface area contributed by atoms with Crippen molar-refractivity contribution in [2.75, 3.05) is 19.6 Å². The Bertz CT molecular complexity index is 394. The van der Waals surface area contributed by atoms with E-state index in [1.165, 1.54) is 0 Å². The first kappa shape index (κ1) is 22.3. The van der Waals surface area contributed by atoms with Crippen LogP contribution in [0.1, 0.15) is 53.9 Å². The number of rotatable bonds is 4. The number of aliphatic imine (C=N–C) groups is 1. The summed E-state index contributed by atoms with van der Waals surface area (Å²) in [5.74, 6) is 0.928. The lowest BCUT2D eigenvalue weighted by Gasteiger charge is -2.36. The Morgan fingerprint density at radius 3 is 2.61 bits per heavy atom. The molecule has 1 saturated heterocycles. The molecule has 1 heterocycles. The molecule has 7 heteroatoms. The van der Waals surface area contributed by atoms with Gasteiger partial charge in [0, 0.05) is 19.6 Å². The molecule has 0 saturated carbocycles. The predicted octanol–water partition coefficient (Wildman–Crippen LogP) is 2.95. The third kappa shape index (κ3) is 9.22. The minimum absolute atomic E-state index is 0. The molecule has 0 aromatic rings. The zero-order chi connectivity index (χ0) is 16.8. The second kappa shape index (κ2) is 10.2. The summed E-state index contributed by atoms with van der Waals surface area (Å²) in [5, 5.41) is 3.13. The van der Waals surface area contributed by atoms with Gasteiger partial charge in [0.05, 0.1) is 6.04 Å². The minimum atomic E-state index is -0.468. The molecule has 1 aliphatic rings. The van der Waals surface area contributed by atoms with Crippen molar-refractivity contribution in [2.24, 2.45) is 16.6 Å². The van der Waals surface area contributed by atoms with Crippen molar-refractivity contribution in [2.45, 2.75) is 65.5 Å². The highest BCUT2D eigenvalue weighted by molar-refractivity contribution is 14.0. The summed E-state index contributed by atoms with van der Waals surface area (Å²) in [6.07, 6.45) is 2.86. The van der Waals surface area contributed by atoms with Crippen LogP contribution in [0.2, 0.25) is 0 Å². The quantitative estimate of drug-likeness (QED) is 0.400. The topological polar surface area (TPSA) is 80.0 Å². The number of hydrogen-bond acceptors (Lipinski definition) is 3. The van der Waals surface area contributed by atoms with Gasteiger partial charge in [-0.15, -0.1) is 24.0 Å². The molecule has 1 fully saturated rings. The molecule has 0 radical (unpaired) electrons. The highest BCUT2D eigenvalue weighted by Crippen LogP contribution is 2.19. The average molecular weight is 440 g/mol. The van der Waals surface area contributed by atoms with Crippen LogP contribution in [0.3, 0.4) is 0 Å². The molecule has 23 heavy (non-hydrogen) atoms. The first-order valence-electron chi connectivity index (χ1n) is 8.22. The number of ether oxygens (including phenoxy) is 1. The van der Waals surface area contributed by atoms with Gasteiger partial charge >= 0.3 is 6.09 Å². The number of nitrogens with two attached hydrogens (primary N) is 1. The SMILES string of the molecule is CC(C)CN=C(N)NCC1CCCCN1C(=O)OC(C)(C)C.I. The van der Waals surface area contributed by atoms with Gasteiger partial charge in [-0.25, -0.2) is 4.79 Å². The maximum atomic E-state index is 12.3. The number of halogens is 1. The maximum absolute atomic E-state index is 12.3. The van der Waals surface area contributed by atoms with Crippen molar-refractivity contribution in [3.8, 4) is 0 Å². The Balaban J connectivity index is 0.00000484. The lowest BCUT2D eigenvalue weighted by atomic mass is 10.0. The van der Waals surface area contributed by atoms with Crippen LogP contribution in [-0.4, -0.2) is 48.2 Å². The standard InChI is InChI=1S/C16H32N4O2.HI/c1-12(2)10-18-14(17)19-11-13-8-6-7-9-20(13)15(21)22-16(3,4)5;/h12-13H,6-11H2,1-5H3,(H3,17,18,19);1H. The van der Waals surface area contributed by atoms with Gasteiger partial charge in [0.1, 0.15) is 5.60 Å². The number of likely N-dealkylation sites (tertiary alicyclic amines) is 1. The van der Waals surface area contributed by atoms with Crippen LogP contribution in [0.4, 0.5) is 4.79 Å². The fourth-order valence-corrected chi connectivity index (χ4v) is 2.33. The van der Waals surface area contributed by atoms with E-state index in [4.69, 9.17) is 10.5 Å². The van der Waals surface area contributed by atoms with Gasteiger partial charge in [0.2, 0.25) is 0 Å². The van der Waals surface area contributed by atoms with E-state index in [1.54, 1.807) is 0 Å². The molecule has 0 aliphatic carbocycles. The van der Waals surface area contributed by atoms with Crippen molar-refractivity contribution in [1.82, 2.24) is 10.2 Å². The Labute approximate surface area is 157 Å². The molecule has 0 bridgehead atoms. The summed E-state index contributed by atoms with van der Waals surface area (Å²) in [5.41, 5.74) is 5.40. The molecule has 1 unspecified atom stereocenters. The molecular formula is C16H33IN4O2. The molecule has 1 rings (SSSR count). The Kier molecular flexibility index (Phi) is 9.88. The summed E-state index contributed by atoms with van der Waals surface area (Å²) in [7, 11) is 0. The van der Waals surface area contributed by atoms with Gasteiger partial charge in [-0.2, -0.15) is 0 Å². The van der Waals surface area contributed by atoms with Crippen LogP contribution in [-0.2, 0) is 4.74 Å². The van der Waals surface area contributed by atoms with Gasteiger partial charge in [0.15, 0.2) is 5.96 Å². The molecule has 0 aromatic heterocycles. The van der Waals surface area contributed by atoms with Crippen molar-refractivity contribution >= 4 is 36.0 Å². The van der Waals surface area contributed by atoms with Crippen molar-refractivity contribution in [1.29, 1.82) is 0 Å². The number of carbonyl (C=O) groups excluding carboxylic acids is 1. The summed E-state index contributed by atoms with van der Waals surface area (Å²) < 4.78 is 5.49. The predicted molar refractivity (Wildman–Crippen MR) is 105 cm³/mol. The summed E-state index contributed by atoms with van der Waals surface area (Å²) in [4.78, 5) is 18.4. The Morgan fingerprint density at radius 1 is 1.39 bits per heavy atom. The van der Waals surface area contributed by atoms with E-state index in [-0.39, 0.29) is 36.1 Å². The lowest BCUT2D eigenvalue weighted by molar-refractivity contribution is 0.0104. The summed E-state index contributed by atoms with van der Waals surface area (Å²) >= 11 is 0. The van der Waals surface area contributed by atoms with E-state index in [9.17, 15) is 4.79 Å². The molecule has 1 aliphatic heterocycles. The number of carbonyl (C=O) groups is 1. The first-order valence-corrected chi connectivity index (χ1v) is 8.22. The van der Waals surface area contributed by atoms with Crippen LogP contribution < -0.4 is 11.1 Å². The summed E-state index contributed by atoms with van der Waals surface area (Å²) in [6.45, 7) is 11.9. The molecule has 1 atom stereocenters. The largest absolute Gasteiger partial charge is 0.444 e. The first-order chi connectivity index (χ1) is 10.2. The fraction of sp³-hybridized carbons (Fsp3) is 0.875. The highest BCUT2D eigenvalue weighted by atomic mass is 127. The third-order valence-electron chi connectivity index (χ3n) is 3.40. The molecule has 136 valence electrons. The van der Waals surface area contributed by atoms with Gasteiger partial charge in [-0.05, 0) is 46.0 Å². The van der Waals surface area contributed by atoms with E-state index >= 15 is 0 Å². The van der Waals surface area contributed by atoms with Gasteiger partial charge in [-0.1, -0.05) is 13.8 Å². The van der Waals surface area contributed by atoms with Crippen LogP contribution in [0.15, 0.2) is 4.99 Å². The second-order valence-corrected chi connectivity index (χ2v) is 7.32. The smallest absolute Gasteiger partial charge is 0.410 e. The maximum Gasteiger partial charge on any atom is 0.410 e. The highest BCUT2D eigenvalue weighted by Gasteiger charge is 2.30. The molecule has 0 spiro atoms. The number of piperidine rings is 1. The molecular weight excluding hydrogens is 407 g/mol. The third-order valence-corrected chi connectivity index (χ3v) is 3.40. The van der Waals surface area contributed by atoms with E-state index in [1.807, 2.05) is 25.7 Å². The van der Waals surface area contributed by atoms with Crippen LogP contribution in [0.5, 0.6) is 0 Å².